The summed E-state index contributed by atoms with van der Waals surface area (Å²) < 4.78 is 0. The maximum Gasteiger partial charge on any atom is 0.238 e. The molecule has 0 spiro atoms. The molecule has 0 saturated carbocycles. The van der Waals surface area contributed by atoms with Gasteiger partial charge in [-0.25, -0.2) is 0 Å². The summed E-state index contributed by atoms with van der Waals surface area (Å²) in [6.45, 7) is 6.17. The molecule has 0 aliphatic carbocycles. The molecule has 2 aromatic carbocycles. The topological polar surface area (TPSA) is 61.4 Å². The van der Waals surface area contributed by atoms with Crippen LogP contribution in [-0.4, -0.2) is 36.9 Å². The van der Waals surface area contributed by atoms with Gasteiger partial charge >= 0.3 is 0 Å². The second-order valence-corrected chi connectivity index (χ2v) is 7.76. The average Bonchev–Trinajstić information content (AvgIpc) is 2.60. The molecule has 2 rings (SSSR count). The van der Waals surface area contributed by atoms with Gasteiger partial charge in [-0.1, -0.05) is 47.5 Å². The monoisotopic (exact) mass is 421 g/mol. The highest BCUT2D eigenvalue weighted by molar-refractivity contribution is 6.39. The molecule has 2 N–H and O–H groups in total. The molecule has 0 heterocycles. The van der Waals surface area contributed by atoms with Gasteiger partial charge in [0.1, 0.15) is 0 Å². The van der Waals surface area contributed by atoms with Crippen molar-refractivity contribution in [1.29, 1.82) is 0 Å². The Labute approximate surface area is 176 Å². The number of carbonyl (C=O) groups excluding carboxylic acids is 2. The smallest absolute Gasteiger partial charge is 0.238 e. The van der Waals surface area contributed by atoms with Crippen LogP contribution >= 0.6 is 23.2 Å². The van der Waals surface area contributed by atoms with Gasteiger partial charge in [-0.2, -0.15) is 0 Å². The van der Waals surface area contributed by atoms with Crippen LogP contribution in [0.15, 0.2) is 36.4 Å². The fourth-order valence-corrected chi connectivity index (χ4v) is 3.24. The second-order valence-electron chi connectivity index (χ2n) is 6.95. The van der Waals surface area contributed by atoms with Gasteiger partial charge in [-0.05, 0) is 56.6 Å². The maximum absolute atomic E-state index is 12.3. The van der Waals surface area contributed by atoms with Crippen LogP contribution in [0.4, 0.5) is 5.69 Å². The lowest BCUT2D eigenvalue weighted by atomic mass is 10.0. The maximum atomic E-state index is 12.3. The number of aryl methyl sites for hydroxylation is 2. The Morgan fingerprint density at radius 2 is 1.61 bits per heavy atom. The molecule has 0 radical (unpaired) electrons. The van der Waals surface area contributed by atoms with E-state index < -0.39 is 0 Å². The average molecular weight is 422 g/mol. The molecule has 2 aromatic rings. The molecule has 0 aliphatic heterocycles. The molecular weight excluding hydrogens is 397 g/mol. The summed E-state index contributed by atoms with van der Waals surface area (Å²) in [5, 5.41) is 6.37. The van der Waals surface area contributed by atoms with Crippen molar-refractivity contribution < 1.29 is 9.59 Å². The predicted octanol–water partition coefficient (Wildman–Crippen LogP) is 4.36. The van der Waals surface area contributed by atoms with Crippen LogP contribution in [-0.2, 0) is 9.59 Å². The number of benzene rings is 2. The number of nitrogens with one attached hydrogen (secondary N) is 2. The Kier molecular flexibility index (Phi) is 7.87. The lowest BCUT2D eigenvalue weighted by Crippen LogP contribution is -2.39. The number of rotatable bonds is 7. The normalized spacial score (nSPS) is 12.0. The van der Waals surface area contributed by atoms with Crippen LogP contribution in [0.2, 0.25) is 10.0 Å². The van der Waals surface area contributed by atoms with Gasteiger partial charge in [-0.15, -0.1) is 0 Å². The molecular formula is C21H25Cl2N3O2. The number of carbonyl (C=O) groups is 2. The van der Waals surface area contributed by atoms with Crippen molar-refractivity contribution in [1.82, 2.24) is 10.2 Å². The molecule has 0 unspecified atom stereocenters. The highest BCUT2D eigenvalue weighted by Gasteiger charge is 2.15. The molecule has 0 bridgehead atoms. The van der Waals surface area contributed by atoms with E-state index in [9.17, 15) is 9.59 Å². The molecule has 0 aromatic heterocycles. The van der Waals surface area contributed by atoms with Crippen molar-refractivity contribution in [2.75, 3.05) is 25.5 Å². The summed E-state index contributed by atoms with van der Waals surface area (Å²) in [5.74, 6) is -0.454. The zero-order valence-corrected chi connectivity index (χ0v) is 18.0. The molecule has 2 amide bonds. The first-order valence-corrected chi connectivity index (χ1v) is 9.72. The van der Waals surface area contributed by atoms with E-state index in [0.29, 0.717) is 15.7 Å². The molecule has 0 fully saturated rings. The Hall–Kier alpha value is -2.08. The summed E-state index contributed by atoms with van der Waals surface area (Å²) in [6.07, 6.45) is 0. The van der Waals surface area contributed by atoms with Crippen LogP contribution in [0.1, 0.15) is 29.7 Å². The van der Waals surface area contributed by atoms with Crippen molar-refractivity contribution >= 4 is 40.7 Å². The van der Waals surface area contributed by atoms with Gasteiger partial charge in [0.25, 0.3) is 0 Å². The number of para-hydroxylation sites is 1. The molecule has 150 valence electrons. The summed E-state index contributed by atoms with van der Waals surface area (Å²) in [5.41, 5.74) is 3.82. The molecule has 5 nitrogen and oxygen atoms in total. The summed E-state index contributed by atoms with van der Waals surface area (Å²) in [6, 6.07) is 11.0. The number of hydrogen-bond acceptors (Lipinski definition) is 3. The Morgan fingerprint density at radius 3 is 2.21 bits per heavy atom. The van der Waals surface area contributed by atoms with Crippen LogP contribution < -0.4 is 10.6 Å². The standard InChI is InChI=1S/C21H25Cl2N3O2/c1-13-8-9-16(10-14(13)2)15(3)24-19(27)11-26(4)12-20(28)25-21-17(22)6-5-7-18(21)23/h5-10,15H,11-12H2,1-4H3,(H,24,27)(H,25,28)/t15-/m0/s1. The summed E-state index contributed by atoms with van der Waals surface area (Å²) in [4.78, 5) is 26.2. The van der Waals surface area contributed by atoms with E-state index in [2.05, 4.69) is 23.6 Å². The van der Waals surface area contributed by atoms with Gasteiger partial charge in [-0.3, -0.25) is 14.5 Å². The number of hydrogen-bond donors (Lipinski definition) is 2. The van der Waals surface area contributed by atoms with Crippen molar-refractivity contribution in [2.24, 2.45) is 0 Å². The lowest BCUT2D eigenvalue weighted by Gasteiger charge is -2.20. The fourth-order valence-electron chi connectivity index (χ4n) is 2.75. The van der Waals surface area contributed by atoms with Crippen molar-refractivity contribution in [3.63, 3.8) is 0 Å². The SMILES string of the molecule is Cc1ccc([C@H](C)NC(=O)CN(C)CC(=O)Nc2c(Cl)cccc2Cl)cc1C. The number of likely N-dealkylation sites (N-methyl/N-ethyl adjacent to an activating group) is 1. The quantitative estimate of drug-likeness (QED) is 0.697. The van der Waals surface area contributed by atoms with Gasteiger partial charge in [0.15, 0.2) is 0 Å². The van der Waals surface area contributed by atoms with E-state index in [-0.39, 0.29) is 30.9 Å². The number of halogens is 2. The molecule has 1 atom stereocenters. The Morgan fingerprint density at radius 1 is 1.00 bits per heavy atom. The first kappa shape index (κ1) is 22.2. The van der Waals surface area contributed by atoms with Crippen molar-refractivity contribution in [3.05, 3.63) is 63.1 Å². The first-order chi connectivity index (χ1) is 13.2. The van der Waals surface area contributed by atoms with Gasteiger partial charge in [0.05, 0.1) is 34.9 Å². The third-order valence-electron chi connectivity index (χ3n) is 4.46. The van der Waals surface area contributed by atoms with E-state index in [1.54, 1.807) is 30.1 Å². The molecule has 0 saturated heterocycles. The van der Waals surface area contributed by atoms with Gasteiger partial charge < -0.3 is 10.6 Å². The summed E-state index contributed by atoms with van der Waals surface area (Å²) in [7, 11) is 1.70. The minimum Gasteiger partial charge on any atom is -0.348 e. The van der Waals surface area contributed by atoms with Gasteiger partial charge in [0, 0.05) is 0 Å². The highest BCUT2D eigenvalue weighted by atomic mass is 35.5. The van der Waals surface area contributed by atoms with Crippen LogP contribution in [0.3, 0.4) is 0 Å². The number of amides is 2. The van der Waals surface area contributed by atoms with Crippen molar-refractivity contribution in [2.45, 2.75) is 26.8 Å². The minimum absolute atomic E-state index is 0.0347. The third kappa shape index (κ3) is 6.23. The van der Waals surface area contributed by atoms with Crippen LogP contribution in [0.5, 0.6) is 0 Å². The Bertz CT molecular complexity index is 850. The van der Waals surface area contributed by atoms with Crippen LogP contribution in [0, 0.1) is 13.8 Å². The van der Waals surface area contributed by atoms with Gasteiger partial charge in [0.2, 0.25) is 11.8 Å². The van der Waals surface area contributed by atoms with E-state index in [1.165, 1.54) is 11.1 Å². The zero-order chi connectivity index (χ0) is 20.8. The summed E-state index contributed by atoms with van der Waals surface area (Å²) >= 11 is 12.1. The molecule has 7 heteroatoms. The predicted molar refractivity (Wildman–Crippen MR) is 115 cm³/mol. The van der Waals surface area contributed by atoms with Crippen LogP contribution in [0.25, 0.3) is 0 Å². The number of anilines is 1. The van der Waals surface area contributed by atoms with E-state index in [1.807, 2.05) is 26.0 Å². The molecule has 0 aliphatic rings. The fraction of sp³-hybridized carbons (Fsp3) is 0.333. The Balaban J connectivity index is 1.86. The van der Waals surface area contributed by atoms with Crippen molar-refractivity contribution in [3.8, 4) is 0 Å². The van der Waals surface area contributed by atoms with E-state index in [0.717, 1.165) is 5.56 Å². The first-order valence-electron chi connectivity index (χ1n) is 8.96. The number of nitrogens with zero attached hydrogens (tertiary/aromatic N) is 1. The van der Waals surface area contributed by atoms with E-state index in [4.69, 9.17) is 23.2 Å². The zero-order valence-electron chi connectivity index (χ0n) is 16.5. The highest BCUT2D eigenvalue weighted by Crippen LogP contribution is 2.29. The minimum atomic E-state index is -0.299. The lowest BCUT2D eigenvalue weighted by molar-refractivity contribution is -0.123. The van der Waals surface area contributed by atoms with E-state index >= 15 is 0 Å². The largest absolute Gasteiger partial charge is 0.348 e. The second kappa shape index (κ2) is 9.92. The third-order valence-corrected chi connectivity index (χ3v) is 5.09. The molecule has 28 heavy (non-hydrogen) atoms.